The molecule has 0 radical (unpaired) electrons. The van der Waals surface area contributed by atoms with E-state index in [0.29, 0.717) is 11.6 Å². The van der Waals surface area contributed by atoms with Crippen molar-refractivity contribution in [3.05, 3.63) is 11.6 Å². The Hall–Kier alpha value is -0.920. The fourth-order valence-corrected chi connectivity index (χ4v) is 1.59. The molecule has 1 N–H and O–H groups in total. The zero-order chi connectivity index (χ0) is 7.14. The lowest BCUT2D eigenvalue weighted by Gasteiger charge is -2.31. The molecule has 1 fully saturated rings. The first-order valence-corrected chi connectivity index (χ1v) is 3.59. The van der Waals surface area contributed by atoms with Crippen molar-refractivity contribution in [1.82, 2.24) is 0 Å². The molecule has 0 aromatic carbocycles. The fraction of sp³-hybridized carbons (Fsp3) is 0.500. The zero-order valence-corrected chi connectivity index (χ0v) is 5.68. The molecule has 0 saturated heterocycles. The third-order valence-corrected chi connectivity index (χ3v) is 2.29. The Morgan fingerprint density at radius 1 is 1.60 bits per heavy atom. The highest BCUT2D eigenvalue weighted by atomic mass is 16.1. The second-order valence-corrected chi connectivity index (χ2v) is 2.99. The molecule has 2 aliphatic carbocycles. The Morgan fingerprint density at radius 3 is 3.00 bits per heavy atom. The second-order valence-electron chi connectivity index (χ2n) is 2.99. The van der Waals surface area contributed by atoms with Crippen molar-refractivity contribution in [3.63, 3.8) is 0 Å². The van der Waals surface area contributed by atoms with E-state index in [1.54, 1.807) is 6.08 Å². The summed E-state index contributed by atoms with van der Waals surface area (Å²) >= 11 is 0. The van der Waals surface area contributed by atoms with E-state index in [9.17, 15) is 4.79 Å². The molecule has 0 aromatic rings. The summed E-state index contributed by atoms with van der Waals surface area (Å²) in [7, 11) is 0. The van der Waals surface area contributed by atoms with Gasteiger partial charge in [-0.25, -0.2) is 0 Å². The van der Waals surface area contributed by atoms with E-state index in [1.165, 1.54) is 0 Å². The third-order valence-electron chi connectivity index (χ3n) is 2.29. The van der Waals surface area contributed by atoms with Crippen molar-refractivity contribution in [1.29, 1.82) is 5.41 Å². The van der Waals surface area contributed by atoms with Gasteiger partial charge in [-0.15, -0.1) is 0 Å². The van der Waals surface area contributed by atoms with Gasteiger partial charge in [0.1, 0.15) is 0 Å². The van der Waals surface area contributed by atoms with Gasteiger partial charge in [0.15, 0.2) is 5.78 Å². The predicted octanol–water partition coefficient (Wildman–Crippen LogP) is 1.32. The first-order chi connectivity index (χ1) is 4.77. The molecule has 0 amide bonds. The molecule has 2 aliphatic rings. The summed E-state index contributed by atoms with van der Waals surface area (Å²) < 4.78 is 0. The number of ketones is 1. The number of nitrogens with one attached hydrogen (secondary N) is 1. The Kier molecular flexibility index (Phi) is 1.04. The Bertz CT molecular complexity index is 240. The Morgan fingerprint density at radius 2 is 2.40 bits per heavy atom. The maximum absolute atomic E-state index is 10.8. The summed E-state index contributed by atoms with van der Waals surface area (Å²) in [6.07, 6.45) is 4.37. The molecular formula is C8H9NO. The SMILES string of the molecule is N=C1C=C2C(=O)CC2CC1. The van der Waals surface area contributed by atoms with Crippen molar-refractivity contribution in [2.75, 3.05) is 0 Å². The molecule has 0 aromatic heterocycles. The molecule has 2 rings (SSSR count). The lowest BCUT2D eigenvalue weighted by atomic mass is 9.71. The number of carbonyl (C=O) groups is 1. The number of carbonyl (C=O) groups excluding carboxylic acids is 1. The summed E-state index contributed by atoms with van der Waals surface area (Å²) in [5, 5.41) is 7.30. The van der Waals surface area contributed by atoms with Gasteiger partial charge >= 0.3 is 0 Å². The van der Waals surface area contributed by atoms with Gasteiger partial charge in [0.25, 0.3) is 0 Å². The maximum Gasteiger partial charge on any atom is 0.159 e. The first-order valence-electron chi connectivity index (χ1n) is 3.59. The van der Waals surface area contributed by atoms with Crippen LogP contribution >= 0.6 is 0 Å². The van der Waals surface area contributed by atoms with Crippen molar-refractivity contribution >= 4 is 11.5 Å². The molecule has 2 heteroatoms. The average molecular weight is 135 g/mol. The molecule has 0 heterocycles. The minimum absolute atomic E-state index is 0.259. The van der Waals surface area contributed by atoms with Crippen LogP contribution in [-0.4, -0.2) is 11.5 Å². The van der Waals surface area contributed by atoms with E-state index in [4.69, 9.17) is 5.41 Å². The van der Waals surface area contributed by atoms with Crippen LogP contribution in [0.5, 0.6) is 0 Å². The second kappa shape index (κ2) is 1.78. The topological polar surface area (TPSA) is 40.9 Å². The van der Waals surface area contributed by atoms with Gasteiger partial charge in [-0.2, -0.15) is 0 Å². The van der Waals surface area contributed by atoms with Crippen LogP contribution in [0.4, 0.5) is 0 Å². The lowest BCUT2D eigenvalue weighted by molar-refractivity contribution is -0.120. The highest BCUT2D eigenvalue weighted by molar-refractivity contribution is 6.10. The molecule has 10 heavy (non-hydrogen) atoms. The number of fused-ring (bicyclic) bond motifs is 1. The van der Waals surface area contributed by atoms with Crippen molar-refractivity contribution in [3.8, 4) is 0 Å². The Balaban J connectivity index is 2.30. The molecule has 0 spiro atoms. The molecule has 52 valence electrons. The molecule has 2 nitrogen and oxygen atoms in total. The number of hydrogen-bond acceptors (Lipinski definition) is 2. The van der Waals surface area contributed by atoms with Crippen molar-refractivity contribution < 1.29 is 4.79 Å². The zero-order valence-electron chi connectivity index (χ0n) is 5.68. The molecule has 0 aliphatic heterocycles. The summed E-state index contributed by atoms with van der Waals surface area (Å²) in [4.78, 5) is 10.8. The quantitative estimate of drug-likeness (QED) is 0.534. The number of hydrogen-bond donors (Lipinski definition) is 1. The standard InChI is InChI=1S/C8H9NO/c9-6-2-1-5-3-8(10)7(5)4-6/h4-5,9H,1-3H2. The predicted molar refractivity (Wildman–Crippen MR) is 38.2 cm³/mol. The van der Waals surface area contributed by atoms with Gasteiger partial charge in [0.05, 0.1) is 0 Å². The first kappa shape index (κ1) is 5.83. The summed E-state index contributed by atoms with van der Waals surface area (Å²) in [5.41, 5.74) is 1.54. The van der Waals surface area contributed by atoms with Crippen LogP contribution in [0, 0.1) is 11.3 Å². The van der Waals surface area contributed by atoms with E-state index >= 15 is 0 Å². The highest BCUT2D eigenvalue weighted by Gasteiger charge is 2.35. The molecule has 0 bridgehead atoms. The van der Waals surface area contributed by atoms with Crippen LogP contribution in [0.1, 0.15) is 19.3 Å². The van der Waals surface area contributed by atoms with Gasteiger partial charge in [-0.05, 0) is 24.8 Å². The molecular weight excluding hydrogens is 126 g/mol. The van der Waals surface area contributed by atoms with Crippen LogP contribution in [0.15, 0.2) is 11.6 Å². The van der Waals surface area contributed by atoms with Gasteiger partial charge in [-0.1, -0.05) is 0 Å². The van der Waals surface area contributed by atoms with E-state index < -0.39 is 0 Å². The Labute approximate surface area is 59.4 Å². The van der Waals surface area contributed by atoms with Crippen LogP contribution in [-0.2, 0) is 4.79 Å². The van der Waals surface area contributed by atoms with Crippen molar-refractivity contribution in [2.45, 2.75) is 19.3 Å². The lowest BCUT2D eigenvalue weighted by Crippen LogP contribution is -2.31. The van der Waals surface area contributed by atoms with E-state index in [1.807, 2.05) is 0 Å². The van der Waals surface area contributed by atoms with Gasteiger partial charge in [0, 0.05) is 17.7 Å². The molecule has 1 saturated carbocycles. The van der Waals surface area contributed by atoms with Crippen molar-refractivity contribution in [2.24, 2.45) is 5.92 Å². The normalized spacial score (nSPS) is 30.8. The minimum Gasteiger partial charge on any atom is -0.305 e. The van der Waals surface area contributed by atoms with Crippen LogP contribution < -0.4 is 0 Å². The summed E-state index contributed by atoms with van der Waals surface area (Å²) in [6.45, 7) is 0. The smallest absolute Gasteiger partial charge is 0.159 e. The van der Waals surface area contributed by atoms with Crippen LogP contribution in [0.2, 0.25) is 0 Å². The summed E-state index contributed by atoms with van der Waals surface area (Å²) in [6, 6.07) is 0. The van der Waals surface area contributed by atoms with Crippen LogP contribution in [0.3, 0.4) is 0 Å². The largest absolute Gasteiger partial charge is 0.305 e. The monoisotopic (exact) mass is 135 g/mol. The van der Waals surface area contributed by atoms with Gasteiger partial charge < -0.3 is 5.41 Å². The fourth-order valence-electron chi connectivity index (χ4n) is 1.59. The number of allylic oxidation sites excluding steroid dienone is 2. The highest BCUT2D eigenvalue weighted by Crippen LogP contribution is 2.36. The third kappa shape index (κ3) is 0.649. The number of Topliss-reactive ketones (excluding diaryl/α,β-unsaturated/α-hetero) is 1. The minimum atomic E-state index is 0.259. The van der Waals surface area contributed by atoms with E-state index in [0.717, 1.165) is 24.8 Å². The summed E-state index contributed by atoms with van der Waals surface area (Å²) in [5.74, 6) is 0.774. The van der Waals surface area contributed by atoms with Gasteiger partial charge in [-0.3, -0.25) is 4.79 Å². The molecule has 1 unspecified atom stereocenters. The maximum atomic E-state index is 10.8. The number of rotatable bonds is 0. The van der Waals surface area contributed by atoms with E-state index in [-0.39, 0.29) is 5.78 Å². The molecule has 1 atom stereocenters. The van der Waals surface area contributed by atoms with E-state index in [2.05, 4.69) is 0 Å². The van der Waals surface area contributed by atoms with Gasteiger partial charge in [0.2, 0.25) is 0 Å². The average Bonchev–Trinajstić information content (AvgIpc) is 1.92. The van der Waals surface area contributed by atoms with Crippen LogP contribution in [0.25, 0.3) is 0 Å².